The highest BCUT2D eigenvalue weighted by atomic mass is 32.2. The number of hydrogen-bond acceptors (Lipinski definition) is 5. The smallest absolute Gasteiger partial charge is 0.305 e. The van der Waals surface area contributed by atoms with E-state index in [1.807, 2.05) is 11.9 Å². The van der Waals surface area contributed by atoms with Gasteiger partial charge in [-0.05, 0) is 64.5 Å². The second-order valence-electron chi connectivity index (χ2n) is 7.07. The van der Waals surface area contributed by atoms with Crippen molar-refractivity contribution in [2.75, 3.05) is 26.2 Å². The molecule has 0 spiro atoms. The van der Waals surface area contributed by atoms with Crippen LogP contribution in [0.4, 0.5) is 0 Å². The van der Waals surface area contributed by atoms with Crippen LogP contribution in [0.25, 0.3) is 0 Å². The Morgan fingerprint density at radius 3 is 2.75 bits per heavy atom. The standard InChI is InChI=1S/C17H31N3O3S/c1-13(11-17(22)23)19-16(21)12-20-10-2-3-15(24-20)5-4-14-6-8-18-9-7-14/h13-15,18H,2-12H2,1H3,(H,19,21)(H,22,23)/t13-,15?/m1/s1. The van der Waals surface area contributed by atoms with Crippen molar-refractivity contribution in [3.63, 3.8) is 0 Å². The molecule has 0 saturated carbocycles. The minimum absolute atomic E-state index is 0.0300. The summed E-state index contributed by atoms with van der Waals surface area (Å²) in [7, 11) is 0. The monoisotopic (exact) mass is 357 g/mol. The summed E-state index contributed by atoms with van der Waals surface area (Å²) in [6, 6.07) is -0.319. The van der Waals surface area contributed by atoms with Gasteiger partial charge < -0.3 is 15.7 Å². The molecule has 24 heavy (non-hydrogen) atoms. The molecule has 2 rings (SSSR count). The number of rotatable bonds is 8. The molecule has 1 unspecified atom stereocenters. The molecule has 0 aliphatic carbocycles. The first kappa shape index (κ1) is 19.5. The summed E-state index contributed by atoms with van der Waals surface area (Å²) in [5.74, 6) is -0.0919. The van der Waals surface area contributed by atoms with E-state index in [1.54, 1.807) is 6.92 Å². The van der Waals surface area contributed by atoms with Crippen LogP contribution in [0.1, 0.15) is 51.9 Å². The van der Waals surface area contributed by atoms with Crippen LogP contribution in [-0.4, -0.2) is 58.8 Å². The number of piperidine rings is 1. The van der Waals surface area contributed by atoms with Crippen LogP contribution < -0.4 is 10.6 Å². The van der Waals surface area contributed by atoms with Gasteiger partial charge >= 0.3 is 5.97 Å². The minimum atomic E-state index is -0.881. The number of aliphatic carboxylic acids is 1. The van der Waals surface area contributed by atoms with E-state index in [9.17, 15) is 9.59 Å². The zero-order valence-corrected chi connectivity index (χ0v) is 15.4. The maximum Gasteiger partial charge on any atom is 0.305 e. The Morgan fingerprint density at radius 2 is 2.04 bits per heavy atom. The zero-order valence-electron chi connectivity index (χ0n) is 14.6. The summed E-state index contributed by atoms with van der Waals surface area (Å²) >= 11 is 1.83. The number of carboxylic acid groups (broad SMARTS) is 1. The van der Waals surface area contributed by atoms with Crippen molar-refractivity contribution in [3.8, 4) is 0 Å². The lowest BCUT2D eigenvalue weighted by molar-refractivity contribution is -0.137. The van der Waals surface area contributed by atoms with Gasteiger partial charge in [-0.25, -0.2) is 4.31 Å². The summed E-state index contributed by atoms with van der Waals surface area (Å²) in [6.45, 7) is 5.34. The molecule has 2 heterocycles. The maximum atomic E-state index is 12.0. The van der Waals surface area contributed by atoms with Crippen molar-refractivity contribution in [2.24, 2.45) is 5.92 Å². The van der Waals surface area contributed by atoms with Gasteiger partial charge in [0.1, 0.15) is 0 Å². The number of nitrogens with one attached hydrogen (secondary N) is 2. The third-order valence-corrected chi connectivity index (χ3v) is 6.17. The highest BCUT2D eigenvalue weighted by molar-refractivity contribution is 7.97. The van der Waals surface area contributed by atoms with Crippen molar-refractivity contribution in [1.82, 2.24) is 14.9 Å². The molecule has 138 valence electrons. The summed E-state index contributed by atoms with van der Waals surface area (Å²) in [4.78, 5) is 22.7. The van der Waals surface area contributed by atoms with Crippen molar-refractivity contribution >= 4 is 23.8 Å². The van der Waals surface area contributed by atoms with Crippen LogP contribution in [0.15, 0.2) is 0 Å². The molecule has 2 atom stereocenters. The second-order valence-corrected chi connectivity index (χ2v) is 8.46. The molecule has 6 nitrogen and oxygen atoms in total. The Bertz CT molecular complexity index is 416. The van der Waals surface area contributed by atoms with Gasteiger partial charge in [0, 0.05) is 17.8 Å². The molecule has 3 N–H and O–H groups in total. The highest BCUT2D eigenvalue weighted by Crippen LogP contribution is 2.32. The van der Waals surface area contributed by atoms with Crippen LogP contribution in [0, 0.1) is 5.92 Å². The van der Waals surface area contributed by atoms with Gasteiger partial charge in [0.05, 0.1) is 13.0 Å². The first-order valence-electron chi connectivity index (χ1n) is 9.16. The number of carbonyl (C=O) groups excluding carboxylic acids is 1. The molecule has 0 bridgehead atoms. The van der Waals surface area contributed by atoms with E-state index in [4.69, 9.17) is 5.11 Å². The quantitative estimate of drug-likeness (QED) is 0.575. The lowest BCUT2D eigenvalue weighted by atomic mass is 9.92. The third kappa shape index (κ3) is 7.40. The lowest BCUT2D eigenvalue weighted by Gasteiger charge is -2.32. The highest BCUT2D eigenvalue weighted by Gasteiger charge is 2.24. The topological polar surface area (TPSA) is 81.7 Å². The predicted octanol–water partition coefficient (Wildman–Crippen LogP) is 1.86. The Hall–Kier alpha value is -0.790. The fourth-order valence-corrected chi connectivity index (χ4v) is 4.87. The van der Waals surface area contributed by atoms with E-state index in [1.165, 1.54) is 32.1 Å². The first-order valence-corrected chi connectivity index (χ1v) is 10.00. The van der Waals surface area contributed by atoms with Crippen molar-refractivity contribution in [2.45, 2.75) is 63.2 Å². The summed E-state index contributed by atoms with van der Waals surface area (Å²) in [6.07, 6.45) is 7.48. The number of carboxylic acids is 1. The van der Waals surface area contributed by atoms with Gasteiger partial charge in [0.25, 0.3) is 0 Å². The van der Waals surface area contributed by atoms with Crippen molar-refractivity contribution in [3.05, 3.63) is 0 Å². The van der Waals surface area contributed by atoms with E-state index in [0.29, 0.717) is 11.8 Å². The number of hydrogen-bond donors (Lipinski definition) is 3. The third-order valence-electron chi connectivity index (χ3n) is 4.80. The SMILES string of the molecule is C[C@H](CC(=O)O)NC(=O)CN1CCCC(CCC2CCNCC2)S1. The molecule has 2 aliphatic rings. The molecule has 2 saturated heterocycles. The van der Waals surface area contributed by atoms with Crippen molar-refractivity contribution in [1.29, 1.82) is 0 Å². The van der Waals surface area contributed by atoms with E-state index in [2.05, 4.69) is 14.9 Å². The Morgan fingerprint density at radius 1 is 1.29 bits per heavy atom. The van der Waals surface area contributed by atoms with Gasteiger partial charge in [-0.3, -0.25) is 9.59 Å². The van der Waals surface area contributed by atoms with Crippen LogP contribution >= 0.6 is 11.9 Å². The average Bonchev–Trinajstić information content (AvgIpc) is 2.53. The van der Waals surface area contributed by atoms with Crippen LogP contribution in [0.3, 0.4) is 0 Å². The lowest BCUT2D eigenvalue weighted by Crippen LogP contribution is -2.41. The molecular formula is C17H31N3O3S. The molecule has 2 fully saturated rings. The van der Waals surface area contributed by atoms with Gasteiger partial charge in [-0.1, -0.05) is 11.9 Å². The summed E-state index contributed by atoms with van der Waals surface area (Å²) in [5.41, 5.74) is 0. The summed E-state index contributed by atoms with van der Waals surface area (Å²) < 4.78 is 2.15. The van der Waals surface area contributed by atoms with Crippen LogP contribution in [-0.2, 0) is 9.59 Å². The van der Waals surface area contributed by atoms with E-state index in [-0.39, 0.29) is 18.4 Å². The van der Waals surface area contributed by atoms with Crippen molar-refractivity contribution < 1.29 is 14.7 Å². The molecule has 0 radical (unpaired) electrons. The van der Waals surface area contributed by atoms with Gasteiger partial charge in [-0.15, -0.1) is 0 Å². The normalized spacial score (nSPS) is 24.5. The Balaban J connectivity index is 1.66. The zero-order chi connectivity index (χ0) is 17.4. The molecule has 2 aliphatic heterocycles. The maximum absolute atomic E-state index is 12.0. The number of nitrogens with zero attached hydrogens (tertiary/aromatic N) is 1. The average molecular weight is 358 g/mol. The first-order chi connectivity index (χ1) is 11.5. The predicted molar refractivity (Wildman–Crippen MR) is 96.9 cm³/mol. The summed E-state index contributed by atoms with van der Waals surface area (Å²) in [5, 5.41) is 15.6. The van der Waals surface area contributed by atoms with E-state index >= 15 is 0 Å². The molecule has 0 aromatic rings. The molecule has 0 aromatic carbocycles. The van der Waals surface area contributed by atoms with Gasteiger partial charge in [0.15, 0.2) is 0 Å². The number of carbonyl (C=O) groups is 2. The molecule has 0 aromatic heterocycles. The molecule has 7 heteroatoms. The minimum Gasteiger partial charge on any atom is -0.481 e. The van der Waals surface area contributed by atoms with Crippen LogP contribution in [0.5, 0.6) is 0 Å². The van der Waals surface area contributed by atoms with Gasteiger partial charge in [0.2, 0.25) is 5.91 Å². The largest absolute Gasteiger partial charge is 0.481 e. The molecule has 1 amide bonds. The van der Waals surface area contributed by atoms with E-state index in [0.717, 1.165) is 32.0 Å². The molecular weight excluding hydrogens is 326 g/mol. The van der Waals surface area contributed by atoms with E-state index < -0.39 is 5.97 Å². The van der Waals surface area contributed by atoms with Gasteiger partial charge in [-0.2, -0.15) is 0 Å². The fourth-order valence-electron chi connectivity index (χ4n) is 3.51. The second kappa shape index (κ2) is 10.3. The number of amides is 1. The Labute approximate surface area is 149 Å². The van der Waals surface area contributed by atoms with Crippen LogP contribution in [0.2, 0.25) is 0 Å². The fraction of sp³-hybridized carbons (Fsp3) is 0.882. The Kier molecular flexibility index (Phi) is 8.35.